The van der Waals surface area contributed by atoms with E-state index in [1.807, 2.05) is 42.5 Å². The fourth-order valence-corrected chi connectivity index (χ4v) is 3.32. The molecule has 31 heavy (non-hydrogen) atoms. The summed E-state index contributed by atoms with van der Waals surface area (Å²) in [4.78, 5) is 24.7. The molecule has 4 rings (SSSR count). The molecule has 1 aliphatic rings. The van der Waals surface area contributed by atoms with Crippen LogP contribution < -0.4 is 24.8 Å². The maximum atomic E-state index is 12.4. The van der Waals surface area contributed by atoms with Gasteiger partial charge >= 0.3 is 0 Å². The van der Waals surface area contributed by atoms with Gasteiger partial charge in [-0.25, -0.2) is 0 Å². The first-order valence-electron chi connectivity index (χ1n) is 9.81. The Kier molecular flexibility index (Phi) is 6.03. The molecule has 0 aromatic heterocycles. The van der Waals surface area contributed by atoms with E-state index in [0.29, 0.717) is 29.2 Å². The topological polar surface area (TPSA) is 85.9 Å². The number of anilines is 1. The van der Waals surface area contributed by atoms with Gasteiger partial charge in [-0.1, -0.05) is 30.3 Å². The van der Waals surface area contributed by atoms with Crippen molar-refractivity contribution in [1.29, 1.82) is 0 Å². The quantitative estimate of drug-likeness (QED) is 0.614. The molecule has 0 saturated carbocycles. The molecule has 0 spiro atoms. The van der Waals surface area contributed by atoms with Crippen molar-refractivity contribution >= 4 is 17.5 Å². The molecule has 2 amide bonds. The van der Waals surface area contributed by atoms with E-state index in [1.54, 1.807) is 31.4 Å². The van der Waals surface area contributed by atoms with Gasteiger partial charge < -0.3 is 24.8 Å². The molecular formula is C24H22N2O5. The maximum Gasteiger partial charge on any atom is 0.251 e. The van der Waals surface area contributed by atoms with Crippen LogP contribution in [0.1, 0.15) is 21.5 Å². The molecule has 158 valence electrons. The molecule has 0 bridgehead atoms. The second kappa shape index (κ2) is 9.21. The van der Waals surface area contributed by atoms with E-state index in [9.17, 15) is 9.59 Å². The Morgan fingerprint density at radius 2 is 1.77 bits per heavy atom. The lowest BCUT2D eigenvalue weighted by Crippen LogP contribution is -2.32. The van der Waals surface area contributed by atoms with Gasteiger partial charge in [0.05, 0.1) is 13.7 Å². The predicted octanol–water partition coefficient (Wildman–Crippen LogP) is 3.38. The van der Waals surface area contributed by atoms with Crippen LogP contribution in [0.3, 0.4) is 0 Å². The van der Waals surface area contributed by atoms with E-state index in [2.05, 4.69) is 10.6 Å². The third-order valence-electron chi connectivity index (χ3n) is 4.85. The van der Waals surface area contributed by atoms with Crippen LogP contribution in [0.2, 0.25) is 0 Å². The molecule has 0 fully saturated rings. The maximum absolute atomic E-state index is 12.4. The highest BCUT2D eigenvalue weighted by Crippen LogP contribution is 2.32. The molecule has 0 unspecified atom stereocenters. The van der Waals surface area contributed by atoms with Crippen molar-refractivity contribution in [1.82, 2.24) is 5.32 Å². The van der Waals surface area contributed by atoms with Crippen molar-refractivity contribution < 1.29 is 23.8 Å². The molecule has 1 aliphatic heterocycles. The average Bonchev–Trinajstić information content (AvgIpc) is 3.26. The van der Waals surface area contributed by atoms with E-state index in [0.717, 1.165) is 16.9 Å². The summed E-state index contributed by atoms with van der Waals surface area (Å²) in [5.41, 5.74) is 3.12. The molecule has 1 heterocycles. The van der Waals surface area contributed by atoms with Crippen molar-refractivity contribution in [2.24, 2.45) is 0 Å². The molecule has 7 nitrogen and oxygen atoms in total. The molecule has 7 heteroatoms. The molecule has 0 radical (unpaired) electrons. The summed E-state index contributed by atoms with van der Waals surface area (Å²) in [6.07, 6.45) is 0.675. The fourth-order valence-electron chi connectivity index (χ4n) is 3.32. The Morgan fingerprint density at radius 1 is 0.968 bits per heavy atom. The molecule has 0 atom stereocenters. The predicted molar refractivity (Wildman–Crippen MR) is 116 cm³/mol. The smallest absolute Gasteiger partial charge is 0.251 e. The average molecular weight is 418 g/mol. The minimum Gasteiger partial charge on any atom is -0.496 e. The van der Waals surface area contributed by atoms with Crippen LogP contribution in [-0.4, -0.2) is 32.3 Å². The van der Waals surface area contributed by atoms with Crippen LogP contribution in [0.4, 0.5) is 5.69 Å². The van der Waals surface area contributed by atoms with Gasteiger partial charge in [-0.3, -0.25) is 9.59 Å². The van der Waals surface area contributed by atoms with E-state index in [-0.39, 0.29) is 25.2 Å². The van der Waals surface area contributed by atoms with E-state index in [4.69, 9.17) is 14.2 Å². The van der Waals surface area contributed by atoms with Crippen molar-refractivity contribution in [3.63, 3.8) is 0 Å². The lowest BCUT2D eigenvalue weighted by molar-refractivity contribution is -0.115. The lowest BCUT2D eigenvalue weighted by atomic mass is 10.0. The second-order valence-corrected chi connectivity index (χ2v) is 6.99. The summed E-state index contributed by atoms with van der Waals surface area (Å²) in [6, 6.07) is 20.4. The number of fused-ring (bicyclic) bond motifs is 1. The van der Waals surface area contributed by atoms with Gasteiger partial charge in [-0.05, 0) is 42.0 Å². The third-order valence-corrected chi connectivity index (χ3v) is 4.85. The van der Waals surface area contributed by atoms with Crippen molar-refractivity contribution in [2.75, 3.05) is 25.8 Å². The van der Waals surface area contributed by atoms with Crippen LogP contribution in [0.25, 0.3) is 0 Å². The van der Waals surface area contributed by atoms with Gasteiger partial charge in [0.15, 0.2) is 11.5 Å². The van der Waals surface area contributed by atoms with E-state index < -0.39 is 0 Å². The number of amides is 2. The van der Waals surface area contributed by atoms with Gasteiger partial charge in [0.1, 0.15) is 5.75 Å². The van der Waals surface area contributed by atoms with Crippen LogP contribution in [0, 0.1) is 0 Å². The highest BCUT2D eigenvalue weighted by atomic mass is 16.7. The van der Waals surface area contributed by atoms with Gasteiger partial charge in [-0.15, -0.1) is 0 Å². The highest BCUT2D eigenvalue weighted by molar-refractivity contribution is 5.99. The summed E-state index contributed by atoms with van der Waals surface area (Å²) in [7, 11) is 1.62. The van der Waals surface area contributed by atoms with E-state index >= 15 is 0 Å². The zero-order chi connectivity index (χ0) is 21.6. The van der Waals surface area contributed by atoms with Gasteiger partial charge in [0.25, 0.3) is 5.91 Å². The Labute approximate surface area is 179 Å². The molecule has 3 aromatic rings. The molecular weight excluding hydrogens is 396 g/mol. The van der Waals surface area contributed by atoms with Gasteiger partial charge in [0, 0.05) is 23.2 Å². The first-order chi connectivity index (χ1) is 15.1. The Bertz CT molecular complexity index is 1100. The standard InChI is InChI=1S/C24H22N2O5/c1-29-20-10-8-19(12-18(20)11-16-5-3-2-4-6-16)26-23(27)14-25-24(28)17-7-9-21-22(13-17)31-15-30-21/h2-10,12-13H,11,14-15H2,1H3,(H,25,28)(H,26,27). The third kappa shape index (κ3) is 4.95. The SMILES string of the molecule is COc1ccc(NC(=O)CNC(=O)c2ccc3c(c2)OCO3)cc1Cc1ccccc1. The van der Waals surface area contributed by atoms with E-state index in [1.165, 1.54) is 0 Å². The minimum atomic E-state index is -0.368. The van der Waals surface area contributed by atoms with Crippen LogP contribution >= 0.6 is 0 Å². The summed E-state index contributed by atoms with van der Waals surface area (Å²) < 4.78 is 16.0. The number of rotatable bonds is 7. The number of methoxy groups -OCH3 is 1. The van der Waals surface area contributed by atoms with Crippen molar-refractivity contribution in [3.05, 3.63) is 83.4 Å². The van der Waals surface area contributed by atoms with Crippen LogP contribution in [0.5, 0.6) is 17.2 Å². The Morgan fingerprint density at radius 3 is 2.58 bits per heavy atom. The molecule has 3 aromatic carbocycles. The van der Waals surface area contributed by atoms with Crippen LogP contribution in [-0.2, 0) is 11.2 Å². The minimum absolute atomic E-state index is 0.136. The van der Waals surface area contributed by atoms with Crippen molar-refractivity contribution in [3.8, 4) is 17.2 Å². The summed E-state index contributed by atoms with van der Waals surface area (Å²) in [6.45, 7) is -0.0236. The summed E-state index contributed by atoms with van der Waals surface area (Å²) >= 11 is 0. The zero-order valence-electron chi connectivity index (χ0n) is 17.0. The monoisotopic (exact) mass is 418 g/mol. The normalized spacial score (nSPS) is 11.6. The Hall–Kier alpha value is -4.00. The lowest BCUT2D eigenvalue weighted by Gasteiger charge is -2.12. The van der Waals surface area contributed by atoms with Gasteiger partial charge in [0.2, 0.25) is 12.7 Å². The number of ether oxygens (including phenoxy) is 3. The molecule has 0 aliphatic carbocycles. The number of carbonyl (C=O) groups excluding carboxylic acids is 2. The summed E-state index contributed by atoms with van der Waals surface area (Å²) in [5.74, 6) is 1.16. The fraction of sp³-hybridized carbons (Fsp3) is 0.167. The second-order valence-electron chi connectivity index (χ2n) is 6.99. The number of hydrogen-bond donors (Lipinski definition) is 2. The number of benzene rings is 3. The van der Waals surface area contributed by atoms with Crippen LogP contribution in [0.15, 0.2) is 66.7 Å². The van der Waals surface area contributed by atoms with Crippen molar-refractivity contribution in [2.45, 2.75) is 6.42 Å². The first-order valence-corrected chi connectivity index (χ1v) is 9.81. The largest absolute Gasteiger partial charge is 0.496 e. The Balaban J connectivity index is 1.37. The number of carbonyl (C=O) groups is 2. The number of hydrogen-bond acceptors (Lipinski definition) is 5. The zero-order valence-corrected chi connectivity index (χ0v) is 17.0. The molecule has 2 N–H and O–H groups in total. The summed E-state index contributed by atoms with van der Waals surface area (Å²) in [5, 5.41) is 5.43. The highest BCUT2D eigenvalue weighted by Gasteiger charge is 2.17. The number of nitrogens with one attached hydrogen (secondary N) is 2. The first kappa shape index (κ1) is 20.3. The molecule has 0 saturated heterocycles. The van der Waals surface area contributed by atoms with Gasteiger partial charge in [-0.2, -0.15) is 0 Å².